The summed E-state index contributed by atoms with van der Waals surface area (Å²) in [5, 5.41) is 3.01. The maximum Gasteiger partial charge on any atom is 0.192 e. The molecule has 1 N–H and O–H groups in total. The molecule has 0 bridgehead atoms. The second kappa shape index (κ2) is 7.89. The minimum atomic E-state index is -0.572. The molecule has 3 nitrogen and oxygen atoms in total. The van der Waals surface area contributed by atoms with Gasteiger partial charge in [0.1, 0.15) is 11.0 Å². The van der Waals surface area contributed by atoms with E-state index in [9.17, 15) is 9.18 Å². The Labute approximate surface area is 162 Å². The fourth-order valence-electron chi connectivity index (χ4n) is 1.82. The van der Waals surface area contributed by atoms with Crippen LogP contribution < -0.4 is 5.32 Å². The first-order valence-electron chi connectivity index (χ1n) is 6.34. The van der Waals surface area contributed by atoms with E-state index in [1.807, 2.05) is 0 Å². The molecule has 1 heterocycles. The van der Waals surface area contributed by atoms with E-state index in [0.717, 1.165) is 12.1 Å². The van der Waals surface area contributed by atoms with Crippen LogP contribution in [0, 0.1) is 5.82 Å². The second-order valence-electron chi connectivity index (χ2n) is 4.65. The van der Waals surface area contributed by atoms with Crippen LogP contribution in [0.25, 0.3) is 0 Å². The number of hydrogen-bond acceptors (Lipinski definition) is 3. The standard InChI is InChI=1S/C15H8Cl5FN2O/c1-6(23-14-8(16)3-7(21)4-9(14)17)2-11(24)12-13(19)10(18)5-22-15(12)20/h2-5,23H,1H3/b6-2+. The molecule has 0 aliphatic carbocycles. The van der Waals surface area contributed by atoms with E-state index in [1.54, 1.807) is 6.92 Å². The van der Waals surface area contributed by atoms with Crippen LogP contribution in [0.1, 0.15) is 17.3 Å². The average Bonchev–Trinajstić information content (AvgIpc) is 2.47. The highest BCUT2D eigenvalue weighted by Crippen LogP contribution is 2.33. The monoisotopic (exact) mass is 426 g/mol. The van der Waals surface area contributed by atoms with E-state index >= 15 is 0 Å². The van der Waals surface area contributed by atoms with E-state index in [4.69, 9.17) is 58.0 Å². The summed E-state index contributed by atoms with van der Waals surface area (Å²) in [5.41, 5.74) is 0.619. The van der Waals surface area contributed by atoms with Crippen molar-refractivity contribution in [2.24, 2.45) is 0 Å². The number of hydrogen-bond donors (Lipinski definition) is 1. The molecular formula is C15H8Cl5FN2O. The minimum absolute atomic E-state index is 0.00330. The fraction of sp³-hybridized carbons (Fsp3) is 0.0667. The molecule has 0 aliphatic rings. The number of halogens is 6. The number of pyridine rings is 1. The molecule has 0 unspecified atom stereocenters. The Morgan fingerprint density at radius 3 is 2.29 bits per heavy atom. The van der Waals surface area contributed by atoms with Gasteiger partial charge in [0, 0.05) is 18.0 Å². The predicted molar refractivity (Wildman–Crippen MR) is 97.4 cm³/mol. The van der Waals surface area contributed by atoms with Gasteiger partial charge in [0.2, 0.25) is 0 Å². The van der Waals surface area contributed by atoms with Crippen LogP contribution in [0.4, 0.5) is 10.1 Å². The van der Waals surface area contributed by atoms with Crippen molar-refractivity contribution >= 4 is 69.5 Å². The van der Waals surface area contributed by atoms with E-state index in [-0.39, 0.29) is 36.5 Å². The number of anilines is 1. The smallest absolute Gasteiger partial charge is 0.192 e. The van der Waals surface area contributed by atoms with Crippen LogP contribution in [0.15, 0.2) is 30.1 Å². The number of allylic oxidation sites excluding steroid dienone is 2. The van der Waals surface area contributed by atoms with Gasteiger partial charge >= 0.3 is 0 Å². The Hall–Kier alpha value is -1.04. The first kappa shape index (κ1) is 19.3. The van der Waals surface area contributed by atoms with Crippen molar-refractivity contribution in [1.29, 1.82) is 0 Å². The molecule has 0 radical (unpaired) electrons. The number of benzene rings is 1. The molecule has 0 saturated carbocycles. The van der Waals surface area contributed by atoms with Gasteiger partial charge < -0.3 is 5.32 Å². The molecule has 126 valence electrons. The number of nitrogens with zero attached hydrogens (tertiary/aromatic N) is 1. The quantitative estimate of drug-likeness (QED) is 0.335. The van der Waals surface area contributed by atoms with Gasteiger partial charge in [-0.2, -0.15) is 0 Å². The molecule has 1 aromatic carbocycles. The number of carbonyl (C=O) groups excluding carboxylic acids is 1. The van der Waals surface area contributed by atoms with Gasteiger partial charge in [0.25, 0.3) is 0 Å². The zero-order valence-electron chi connectivity index (χ0n) is 11.9. The largest absolute Gasteiger partial charge is 0.357 e. The third-order valence-corrected chi connectivity index (χ3v) is 4.51. The molecule has 2 rings (SSSR count). The molecule has 9 heteroatoms. The molecule has 0 spiro atoms. The molecule has 2 aromatic rings. The Morgan fingerprint density at radius 2 is 1.71 bits per heavy atom. The van der Waals surface area contributed by atoms with Gasteiger partial charge in [-0.05, 0) is 19.1 Å². The maximum atomic E-state index is 13.2. The molecule has 1 aromatic heterocycles. The summed E-state index contributed by atoms with van der Waals surface area (Å²) < 4.78 is 13.2. The van der Waals surface area contributed by atoms with Crippen molar-refractivity contribution in [2.75, 3.05) is 5.32 Å². The number of rotatable bonds is 4. The topological polar surface area (TPSA) is 42.0 Å². The van der Waals surface area contributed by atoms with Gasteiger partial charge in [0.05, 0.1) is 31.3 Å². The lowest BCUT2D eigenvalue weighted by atomic mass is 10.1. The van der Waals surface area contributed by atoms with E-state index < -0.39 is 11.6 Å². The van der Waals surface area contributed by atoms with Crippen molar-refractivity contribution in [3.8, 4) is 0 Å². The average molecular weight is 429 g/mol. The molecule has 24 heavy (non-hydrogen) atoms. The van der Waals surface area contributed by atoms with Crippen LogP contribution >= 0.6 is 58.0 Å². The summed E-state index contributed by atoms with van der Waals surface area (Å²) >= 11 is 29.6. The van der Waals surface area contributed by atoms with Gasteiger partial charge in [-0.1, -0.05) is 58.0 Å². The minimum Gasteiger partial charge on any atom is -0.357 e. The highest BCUT2D eigenvalue weighted by molar-refractivity contribution is 6.46. The fourth-order valence-corrected chi connectivity index (χ4v) is 3.03. The van der Waals surface area contributed by atoms with Crippen LogP contribution in [0.3, 0.4) is 0 Å². The lowest BCUT2D eigenvalue weighted by Crippen LogP contribution is -2.04. The highest BCUT2D eigenvalue weighted by Gasteiger charge is 2.17. The Bertz CT molecular complexity index is 831. The summed E-state index contributed by atoms with van der Waals surface area (Å²) in [6.45, 7) is 1.59. The number of nitrogens with one attached hydrogen (secondary N) is 1. The van der Waals surface area contributed by atoms with Crippen LogP contribution in [-0.2, 0) is 0 Å². The number of carbonyl (C=O) groups is 1. The van der Waals surface area contributed by atoms with Crippen molar-refractivity contribution < 1.29 is 9.18 Å². The Kier molecular flexibility index (Phi) is 6.34. The molecular weight excluding hydrogens is 420 g/mol. The second-order valence-corrected chi connectivity index (χ2v) is 6.60. The van der Waals surface area contributed by atoms with Crippen LogP contribution in [0.5, 0.6) is 0 Å². The summed E-state index contributed by atoms with van der Waals surface area (Å²) in [7, 11) is 0. The summed E-state index contributed by atoms with van der Waals surface area (Å²) in [5.74, 6) is -1.09. The SMILES string of the molecule is C/C(=C\C(=O)c1c(Cl)ncc(Cl)c1Cl)Nc1c(Cl)cc(F)cc1Cl. The third kappa shape index (κ3) is 4.32. The van der Waals surface area contributed by atoms with Gasteiger partial charge in [-0.3, -0.25) is 4.79 Å². The third-order valence-electron chi connectivity index (χ3n) is 2.85. The van der Waals surface area contributed by atoms with Crippen molar-refractivity contribution in [3.05, 3.63) is 66.7 Å². The maximum absolute atomic E-state index is 13.2. The molecule has 0 amide bonds. The Morgan fingerprint density at radius 1 is 1.12 bits per heavy atom. The lowest BCUT2D eigenvalue weighted by Gasteiger charge is -2.11. The molecule has 0 saturated heterocycles. The highest BCUT2D eigenvalue weighted by atomic mass is 35.5. The Balaban J connectivity index is 2.33. The van der Waals surface area contributed by atoms with Crippen molar-refractivity contribution in [3.63, 3.8) is 0 Å². The molecule has 0 aliphatic heterocycles. The first-order valence-corrected chi connectivity index (χ1v) is 8.23. The van der Waals surface area contributed by atoms with Crippen molar-refractivity contribution in [2.45, 2.75) is 6.92 Å². The van der Waals surface area contributed by atoms with E-state index in [0.29, 0.717) is 5.70 Å². The van der Waals surface area contributed by atoms with Crippen LogP contribution in [0.2, 0.25) is 25.2 Å². The van der Waals surface area contributed by atoms with Gasteiger partial charge in [0.15, 0.2) is 5.78 Å². The number of ketones is 1. The zero-order chi connectivity index (χ0) is 18.0. The molecule has 0 atom stereocenters. The van der Waals surface area contributed by atoms with Crippen molar-refractivity contribution in [1.82, 2.24) is 4.98 Å². The van der Waals surface area contributed by atoms with Gasteiger partial charge in [-0.15, -0.1) is 0 Å². The normalized spacial score (nSPS) is 11.5. The summed E-state index contributed by atoms with van der Waals surface area (Å²) in [6, 6.07) is 2.19. The lowest BCUT2D eigenvalue weighted by molar-refractivity contribution is 0.104. The molecule has 0 fully saturated rings. The summed E-state index contributed by atoms with van der Waals surface area (Å²) in [6.07, 6.45) is 2.47. The zero-order valence-corrected chi connectivity index (χ0v) is 15.7. The number of aromatic nitrogens is 1. The van der Waals surface area contributed by atoms with E-state index in [1.165, 1.54) is 12.3 Å². The van der Waals surface area contributed by atoms with Crippen LogP contribution in [-0.4, -0.2) is 10.8 Å². The summed E-state index contributed by atoms with van der Waals surface area (Å²) in [4.78, 5) is 16.1. The first-order chi connectivity index (χ1) is 11.2. The van der Waals surface area contributed by atoms with E-state index in [2.05, 4.69) is 10.3 Å². The predicted octanol–water partition coefficient (Wildman–Crippen LogP) is 6.69. The van der Waals surface area contributed by atoms with Gasteiger partial charge in [-0.25, -0.2) is 9.37 Å².